The van der Waals surface area contributed by atoms with Gasteiger partial charge in [-0.3, -0.25) is 9.52 Å². The van der Waals surface area contributed by atoms with E-state index in [4.69, 9.17) is 4.74 Å². The molecule has 1 aliphatic rings. The minimum absolute atomic E-state index is 0.143. The van der Waals surface area contributed by atoms with Crippen molar-refractivity contribution < 1.29 is 17.9 Å². The Bertz CT molecular complexity index is 891. The van der Waals surface area contributed by atoms with Gasteiger partial charge in [-0.25, -0.2) is 8.42 Å². The number of nitrogens with zero attached hydrogens (tertiary/aromatic N) is 1. The highest BCUT2D eigenvalue weighted by Crippen LogP contribution is 2.35. The number of anilines is 2. The lowest BCUT2D eigenvalue weighted by Crippen LogP contribution is -2.41. The zero-order valence-electron chi connectivity index (χ0n) is 13.6. The molecule has 0 aliphatic carbocycles. The molecular weight excluding hydrogens is 328 g/mol. The van der Waals surface area contributed by atoms with Crippen LogP contribution >= 0.6 is 0 Å². The Morgan fingerprint density at radius 1 is 1.12 bits per heavy atom. The van der Waals surface area contributed by atoms with Gasteiger partial charge >= 0.3 is 0 Å². The molecule has 0 saturated carbocycles. The van der Waals surface area contributed by atoms with Gasteiger partial charge in [0.2, 0.25) is 0 Å². The Kier molecular flexibility index (Phi) is 3.96. The van der Waals surface area contributed by atoms with Crippen molar-refractivity contribution in [1.29, 1.82) is 0 Å². The number of carbonyl (C=O) groups is 1. The Labute approximate surface area is 141 Å². The van der Waals surface area contributed by atoms with Crippen molar-refractivity contribution in [1.82, 2.24) is 0 Å². The van der Waals surface area contributed by atoms with E-state index in [9.17, 15) is 13.2 Å². The van der Waals surface area contributed by atoms with Crippen LogP contribution in [0.1, 0.15) is 12.5 Å². The summed E-state index contributed by atoms with van der Waals surface area (Å²) in [7, 11) is -2.02. The van der Waals surface area contributed by atoms with Crippen molar-refractivity contribution in [3.8, 4) is 5.75 Å². The van der Waals surface area contributed by atoms with Crippen LogP contribution in [0, 0.1) is 6.92 Å². The summed E-state index contributed by atoms with van der Waals surface area (Å²) in [5.41, 5.74) is 1.97. The lowest BCUT2D eigenvalue weighted by Gasteiger charge is -2.30. The van der Waals surface area contributed by atoms with Crippen LogP contribution in [0.3, 0.4) is 0 Å². The quantitative estimate of drug-likeness (QED) is 0.927. The van der Waals surface area contributed by atoms with Crippen molar-refractivity contribution >= 4 is 27.3 Å². The molecule has 126 valence electrons. The van der Waals surface area contributed by atoms with E-state index in [2.05, 4.69) is 4.72 Å². The predicted octanol–water partition coefficient (Wildman–Crippen LogP) is 2.54. The van der Waals surface area contributed by atoms with E-state index in [-0.39, 0.29) is 10.8 Å². The third-order valence-electron chi connectivity index (χ3n) is 3.89. The number of ether oxygens (including phenoxy) is 1. The highest BCUT2D eigenvalue weighted by molar-refractivity contribution is 7.92. The van der Waals surface area contributed by atoms with E-state index in [1.165, 1.54) is 4.90 Å². The van der Waals surface area contributed by atoms with E-state index in [1.54, 1.807) is 56.4 Å². The fourth-order valence-corrected chi connectivity index (χ4v) is 3.56. The standard InChI is InChI=1S/C17H18N2O4S/c1-11-4-7-14(8-5-11)24(21,22)18-13-6-9-15-16(10-13)23-12(2)17(20)19(15)3/h4-10,12,18H,1-3H3. The van der Waals surface area contributed by atoms with Gasteiger partial charge in [-0.15, -0.1) is 0 Å². The van der Waals surface area contributed by atoms with Crippen molar-refractivity contribution in [3.05, 3.63) is 48.0 Å². The fraction of sp³-hybridized carbons (Fsp3) is 0.235. The summed E-state index contributed by atoms with van der Waals surface area (Å²) in [5, 5.41) is 0. The molecule has 1 unspecified atom stereocenters. The first-order valence-corrected chi connectivity index (χ1v) is 8.94. The van der Waals surface area contributed by atoms with Gasteiger partial charge in [-0.2, -0.15) is 0 Å². The third-order valence-corrected chi connectivity index (χ3v) is 5.28. The van der Waals surface area contributed by atoms with Crippen molar-refractivity contribution in [2.45, 2.75) is 24.8 Å². The van der Waals surface area contributed by atoms with Crippen LogP contribution in [0.15, 0.2) is 47.4 Å². The number of sulfonamides is 1. The molecule has 0 saturated heterocycles. The van der Waals surface area contributed by atoms with Crippen molar-refractivity contribution in [2.24, 2.45) is 0 Å². The van der Waals surface area contributed by atoms with Crippen LogP contribution in [0.2, 0.25) is 0 Å². The molecule has 1 amide bonds. The number of nitrogens with one attached hydrogen (secondary N) is 1. The van der Waals surface area contributed by atoms with Crippen LogP contribution in [-0.2, 0) is 14.8 Å². The number of amides is 1. The van der Waals surface area contributed by atoms with Gasteiger partial charge in [0.05, 0.1) is 16.3 Å². The van der Waals surface area contributed by atoms with Gasteiger partial charge in [0, 0.05) is 13.1 Å². The lowest BCUT2D eigenvalue weighted by molar-refractivity contribution is -0.125. The molecule has 1 N–H and O–H groups in total. The second kappa shape index (κ2) is 5.83. The highest BCUT2D eigenvalue weighted by Gasteiger charge is 2.29. The monoisotopic (exact) mass is 346 g/mol. The zero-order valence-corrected chi connectivity index (χ0v) is 14.4. The molecule has 2 aromatic carbocycles. The molecule has 1 aliphatic heterocycles. The summed E-state index contributed by atoms with van der Waals surface area (Å²) in [6.45, 7) is 3.55. The van der Waals surface area contributed by atoms with E-state index >= 15 is 0 Å². The number of benzene rings is 2. The Morgan fingerprint density at radius 3 is 2.46 bits per heavy atom. The molecule has 3 rings (SSSR count). The number of carbonyl (C=O) groups excluding carboxylic acids is 1. The molecule has 0 radical (unpaired) electrons. The first-order chi connectivity index (χ1) is 11.3. The topological polar surface area (TPSA) is 75.7 Å². The Morgan fingerprint density at radius 2 is 1.79 bits per heavy atom. The summed E-state index contributed by atoms with van der Waals surface area (Å²) in [4.78, 5) is 13.6. The minimum Gasteiger partial charge on any atom is -0.479 e. The number of hydrogen-bond acceptors (Lipinski definition) is 4. The second-order valence-corrected chi connectivity index (χ2v) is 7.44. The predicted molar refractivity (Wildman–Crippen MR) is 91.9 cm³/mol. The van der Waals surface area contributed by atoms with Gasteiger partial charge in [-0.05, 0) is 38.1 Å². The molecule has 0 aromatic heterocycles. The molecule has 24 heavy (non-hydrogen) atoms. The molecule has 1 atom stereocenters. The van der Waals surface area contributed by atoms with Gasteiger partial charge in [0.1, 0.15) is 5.75 Å². The lowest BCUT2D eigenvalue weighted by atomic mass is 10.2. The highest BCUT2D eigenvalue weighted by atomic mass is 32.2. The summed E-state index contributed by atoms with van der Waals surface area (Å²) in [6.07, 6.45) is -0.605. The first-order valence-electron chi connectivity index (χ1n) is 7.46. The molecule has 0 bridgehead atoms. The molecule has 2 aromatic rings. The maximum atomic E-state index is 12.4. The Hall–Kier alpha value is -2.54. The third kappa shape index (κ3) is 2.94. The fourth-order valence-electron chi connectivity index (χ4n) is 2.51. The van der Waals surface area contributed by atoms with Gasteiger partial charge < -0.3 is 9.64 Å². The SMILES string of the molecule is Cc1ccc(S(=O)(=O)Nc2ccc3c(c2)OC(C)C(=O)N3C)cc1. The zero-order chi connectivity index (χ0) is 17.5. The van der Waals surface area contributed by atoms with E-state index in [1.807, 2.05) is 6.92 Å². The van der Waals surface area contributed by atoms with Crippen LogP contribution in [0.5, 0.6) is 5.75 Å². The molecule has 6 nitrogen and oxygen atoms in total. The largest absolute Gasteiger partial charge is 0.479 e. The van der Waals surface area contributed by atoms with Crippen LogP contribution in [-0.4, -0.2) is 27.5 Å². The summed E-state index contributed by atoms with van der Waals surface area (Å²) >= 11 is 0. The second-order valence-electron chi connectivity index (χ2n) is 5.76. The average Bonchev–Trinajstić information content (AvgIpc) is 2.52. The van der Waals surface area contributed by atoms with Crippen LogP contribution < -0.4 is 14.4 Å². The van der Waals surface area contributed by atoms with E-state index < -0.39 is 16.1 Å². The maximum absolute atomic E-state index is 12.4. The molecule has 0 fully saturated rings. The van der Waals surface area contributed by atoms with Crippen LogP contribution in [0.25, 0.3) is 0 Å². The van der Waals surface area contributed by atoms with Crippen molar-refractivity contribution in [3.63, 3.8) is 0 Å². The number of rotatable bonds is 3. The number of hydrogen-bond donors (Lipinski definition) is 1. The average molecular weight is 346 g/mol. The molecule has 7 heteroatoms. The number of fused-ring (bicyclic) bond motifs is 1. The van der Waals surface area contributed by atoms with Crippen LogP contribution in [0.4, 0.5) is 11.4 Å². The summed E-state index contributed by atoms with van der Waals surface area (Å²) in [6, 6.07) is 11.4. The summed E-state index contributed by atoms with van der Waals surface area (Å²) < 4.78 is 33.0. The maximum Gasteiger partial charge on any atom is 0.267 e. The number of likely N-dealkylation sites (N-methyl/N-ethyl adjacent to an activating group) is 1. The normalized spacial score (nSPS) is 17.2. The first kappa shape index (κ1) is 16.3. The van der Waals surface area contributed by atoms with Gasteiger partial charge in [0.15, 0.2) is 6.10 Å². The molecular formula is C17H18N2O4S. The molecule has 1 heterocycles. The number of aryl methyl sites for hydroxylation is 1. The van der Waals surface area contributed by atoms with Gasteiger partial charge in [0.25, 0.3) is 15.9 Å². The smallest absolute Gasteiger partial charge is 0.267 e. The van der Waals surface area contributed by atoms with Gasteiger partial charge in [-0.1, -0.05) is 17.7 Å². The van der Waals surface area contributed by atoms with Crippen molar-refractivity contribution in [2.75, 3.05) is 16.7 Å². The minimum atomic E-state index is -3.68. The van der Waals surface area contributed by atoms with E-state index in [0.717, 1.165) is 5.56 Å². The summed E-state index contributed by atoms with van der Waals surface area (Å²) in [5.74, 6) is 0.323. The molecule has 0 spiro atoms. The van der Waals surface area contributed by atoms with E-state index in [0.29, 0.717) is 17.1 Å². The Balaban J connectivity index is 1.90.